The summed E-state index contributed by atoms with van der Waals surface area (Å²) in [6, 6.07) is 3.18. The first kappa shape index (κ1) is 10.2. The monoisotopic (exact) mass is 200 g/mol. The molecule has 0 amide bonds. The second-order valence-electron chi connectivity index (χ2n) is 3.10. The SMILES string of the molecule is CC(=O)Cc1cc(C)cc(Cl)c1F. The van der Waals surface area contributed by atoms with Crippen LogP contribution in [0.3, 0.4) is 0 Å². The summed E-state index contributed by atoms with van der Waals surface area (Å²) in [5.41, 5.74) is 1.24. The first-order chi connectivity index (χ1) is 6.00. The van der Waals surface area contributed by atoms with Crippen molar-refractivity contribution in [2.75, 3.05) is 0 Å². The van der Waals surface area contributed by atoms with Crippen molar-refractivity contribution < 1.29 is 9.18 Å². The van der Waals surface area contributed by atoms with E-state index in [4.69, 9.17) is 11.6 Å². The van der Waals surface area contributed by atoms with Crippen molar-refractivity contribution in [3.8, 4) is 0 Å². The Morgan fingerprint density at radius 3 is 2.69 bits per heavy atom. The van der Waals surface area contributed by atoms with E-state index in [-0.39, 0.29) is 17.2 Å². The number of ketones is 1. The Morgan fingerprint density at radius 2 is 2.15 bits per heavy atom. The molecule has 70 valence electrons. The zero-order valence-corrected chi connectivity index (χ0v) is 8.28. The molecule has 1 aromatic carbocycles. The summed E-state index contributed by atoms with van der Waals surface area (Å²) < 4.78 is 13.3. The Bertz CT molecular complexity index is 347. The Balaban J connectivity index is 3.12. The van der Waals surface area contributed by atoms with Crippen LogP contribution in [0.15, 0.2) is 12.1 Å². The molecule has 0 radical (unpaired) electrons. The number of carbonyl (C=O) groups is 1. The van der Waals surface area contributed by atoms with Gasteiger partial charge >= 0.3 is 0 Å². The van der Waals surface area contributed by atoms with E-state index in [0.29, 0.717) is 5.56 Å². The topological polar surface area (TPSA) is 17.1 Å². The van der Waals surface area contributed by atoms with Crippen molar-refractivity contribution in [2.45, 2.75) is 20.3 Å². The average molecular weight is 201 g/mol. The van der Waals surface area contributed by atoms with Gasteiger partial charge in [-0.05, 0) is 31.0 Å². The standard InChI is InChI=1S/C10H10ClFO/c1-6-3-8(5-7(2)13)10(12)9(11)4-6/h3-4H,5H2,1-2H3. The number of carbonyl (C=O) groups excluding carboxylic acids is 1. The Labute approximate surface area is 81.5 Å². The minimum absolute atomic E-state index is 0.0689. The van der Waals surface area contributed by atoms with Crippen LogP contribution in [0.4, 0.5) is 4.39 Å². The second kappa shape index (κ2) is 3.88. The smallest absolute Gasteiger partial charge is 0.145 e. The van der Waals surface area contributed by atoms with Crippen LogP contribution in [-0.4, -0.2) is 5.78 Å². The van der Waals surface area contributed by atoms with Crippen LogP contribution in [0.25, 0.3) is 0 Å². The fourth-order valence-electron chi connectivity index (χ4n) is 1.19. The van der Waals surface area contributed by atoms with Gasteiger partial charge < -0.3 is 0 Å². The second-order valence-corrected chi connectivity index (χ2v) is 3.51. The van der Waals surface area contributed by atoms with Gasteiger partial charge in [-0.15, -0.1) is 0 Å². The summed E-state index contributed by atoms with van der Waals surface area (Å²) in [5.74, 6) is -0.553. The number of hydrogen-bond acceptors (Lipinski definition) is 1. The maximum atomic E-state index is 13.3. The van der Waals surface area contributed by atoms with Crippen LogP contribution in [-0.2, 0) is 11.2 Å². The molecule has 0 spiro atoms. The molecule has 13 heavy (non-hydrogen) atoms. The van der Waals surface area contributed by atoms with Crippen molar-refractivity contribution in [3.05, 3.63) is 34.1 Å². The van der Waals surface area contributed by atoms with Crippen molar-refractivity contribution >= 4 is 17.4 Å². The normalized spacial score (nSPS) is 10.2. The van der Waals surface area contributed by atoms with Gasteiger partial charge in [0.2, 0.25) is 0 Å². The third-order valence-corrected chi connectivity index (χ3v) is 1.96. The largest absolute Gasteiger partial charge is 0.300 e. The molecule has 0 fully saturated rings. The van der Waals surface area contributed by atoms with E-state index in [2.05, 4.69) is 0 Å². The molecular formula is C10H10ClFO. The van der Waals surface area contributed by atoms with Gasteiger partial charge in [-0.1, -0.05) is 17.7 Å². The van der Waals surface area contributed by atoms with Crippen LogP contribution in [0, 0.1) is 12.7 Å². The molecule has 0 unspecified atom stereocenters. The number of Topliss-reactive ketones (excluding diaryl/α,β-unsaturated/α-hetero) is 1. The van der Waals surface area contributed by atoms with Gasteiger partial charge in [-0.3, -0.25) is 4.79 Å². The van der Waals surface area contributed by atoms with Crippen molar-refractivity contribution in [1.82, 2.24) is 0 Å². The molecule has 0 aliphatic rings. The third kappa shape index (κ3) is 2.52. The fraction of sp³-hybridized carbons (Fsp3) is 0.300. The van der Waals surface area contributed by atoms with Crippen LogP contribution in [0.5, 0.6) is 0 Å². The first-order valence-electron chi connectivity index (χ1n) is 3.94. The van der Waals surface area contributed by atoms with E-state index in [0.717, 1.165) is 5.56 Å². The van der Waals surface area contributed by atoms with E-state index in [9.17, 15) is 9.18 Å². The van der Waals surface area contributed by atoms with Gasteiger partial charge in [0.15, 0.2) is 0 Å². The fourth-order valence-corrected chi connectivity index (χ4v) is 1.49. The van der Waals surface area contributed by atoms with Crippen LogP contribution in [0.2, 0.25) is 5.02 Å². The molecule has 0 atom stereocenters. The molecule has 1 rings (SSSR count). The molecule has 0 N–H and O–H groups in total. The Kier molecular flexibility index (Phi) is 3.04. The predicted molar refractivity (Wildman–Crippen MR) is 50.5 cm³/mol. The highest BCUT2D eigenvalue weighted by Crippen LogP contribution is 2.20. The molecule has 1 aromatic rings. The summed E-state index contributed by atoms with van der Waals surface area (Å²) in [4.78, 5) is 10.8. The molecule has 0 saturated heterocycles. The quantitative estimate of drug-likeness (QED) is 0.718. The summed E-state index contributed by atoms with van der Waals surface area (Å²) >= 11 is 5.62. The van der Waals surface area contributed by atoms with Gasteiger partial charge in [0.25, 0.3) is 0 Å². The zero-order chi connectivity index (χ0) is 10.0. The number of benzene rings is 1. The van der Waals surface area contributed by atoms with E-state index in [1.165, 1.54) is 6.92 Å². The van der Waals surface area contributed by atoms with Crippen molar-refractivity contribution in [3.63, 3.8) is 0 Å². The summed E-state index contributed by atoms with van der Waals surface area (Å²) in [6.45, 7) is 3.24. The third-order valence-electron chi connectivity index (χ3n) is 1.69. The number of halogens is 2. The maximum Gasteiger partial charge on any atom is 0.145 e. The minimum Gasteiger partial charge on any atom is -0.300 e. The number of rotatable bonds is 2. The van der Waals surface area contributed by atoms with Gasteiger partial charge in [-0.25, -0.2) is 4.39 Å². The highest BCUT2D eigenvalue weighted by molar-refractivity contribution is 6.30. The summed E-state index contributed by atoms with van der Waals surface area (Å²) in [7, 11) is 0. The van der Waals surface area contributed by atoms with E-state index in [1.807, 2.05) is 6.92 Å². The van der Waals surface area contributed by atoms with Crippen molar-refractivity contribution in [2.24, 2.45) is 0 Å². The Hall–Kier alpha value is -0.890. The zero-order valence-electron chi connectivity index (χ0n) is 7.53. The molecule has 0 bridgehead atoms. The molecule has 0 heterocycles. The maximum absolute atomic E-state index is 13.3. The lowest BCUT2D eigenvalue weighted by Crippen LogP contribution is -2.00. The van der Waals surface area contributed by atoms with Crippen LogP contribution >= 0.6 is 11.6 Å². The van der Waals surface area contributed by atoms with Crippen molar-refractivity contribution in [1.29, 1.82) is 0 Å². The molecule has 0 aliphatic carbocycles. The molecule has 3 heteroatoms. The van der Waals surface area contributed by atoms with Gasteiger partial charge in [0.1, 0.15) is 11.6 Å². The summed E-state index contributed by atoms with van der Waals surface area (Å²) in [5, 5.41) is 0.0799. The lowest BCUT2D eigenvalue weighted by Gasteiger charge is -2.03. The molecule has 0 saturated carbocycles. The summed E-state index contributed by atoms with van der Waals surface area (Å²) in [6.07, 6.45) is 0.104. The highest BCUT2D eigenvalue weighted by Gasteiger charge is 2.09. The van der Waals surface area contributed by atoms with Gasteiger partial charge in [0, 0.05) is 6.42 Å². The lowest BCUT2D eigenvalue weighted by atomic mass is 10.1. The Morgan fingerprint density at radius 1 is 1.54 bits per heavy atom. The molecule has 1 nitrogen and oxygen atoms in total. The average Bonchev–Trinajstić information content (AvgIpc) is 1.98. The minimum atomic E-state index is -0.484. The predicted octanol–water partition coefficient (Wildman–Crippen LogP) is 2.92. The van der Waals surface area contributed by atoms with E-state index >= 15 is 0 Å². The number of aryl methyl sites for hydroxylation is 1. The molecule has 0 aliphatic heterocycles. The van der Waals surface area contributed by atoms with E-state index < -0.39 is 5.82 Å². The lowest BCUT2D eigenvalue weighted by molar-refractivity contribution is -0.116. The highest BCUT2D eigenvalue weighted by atomic mass is 35.5. The first-order valence-corrected chi connectivity index (χ1v) is 4.32. The van der Waals surface area contributed by atoms with Crippen LogP contribution in [0.1, 0.15) is 18.1 Å². The molecule has 0 aromatic heterocycles. The van der Waals surface area contributed by atoms with Crippen LogP contribution < -0.4 is 0 Å². The molecular weight excluding hydrogens is 191 g/mol. The van der Waals surface area contributed by atoms with E-state index in [1.54, 1.807) is 12.1 Å². The number of hydrogen-bond donors (Lipinski definition) is 0. The van der Waals surface area contributed by atoms with Gasteiger partial charge in [0.05, 0.1) is 5.02 Å². The van der Waals surface area contributed by atoms with Gasteiger partial charge in [-0.2, -0.15) is 0 Å².